The molecule has 4 N–H and O–H groups in total. The van der Waals surface area contributed by atoms with E-state index in [2.05, 4.69) is 25.9 Å². The van der Waals surface area contributed by atoms with E-state index in [0.29, 0.717) is 16.5 Å². The van der Waals surface area contributed by atoms with Crippen molar-refractivity contribution >= 4 is 23.0 Å². The molecule has 1 atom stereocenters. The van der Waals surface area contributed by atoms with Crippen molar-refractivity contribution in [2.75, 3.05) is 11.1 Å². The molecular weight excluding hydrogens is 228 g/mol. The number of nitrogen functional groups attached to an aromatic ring is 1. The maximum atomic E-state index is 5.81. The first-order valence-electron chi connectivity index (χ1n) is 4.71. The number of anilines is 2. The molecule has 7 heteroatoms. The lowest BCUT2D eigenvalue weighted by Crippen LogP contribution is -2.10. The molecule has 0 spiro atoms. The van der Waals surface area contributed by atoms with Crippen molar-refractivity contribution in [2.45, 2.75) is 13.0 Å². The minimum Gasteiger partial charge on any atom is -0.397 e. The highest BCUT2D eigenvalue weighted by Gasteiger charge is 2.11. The van der Waals surface area contributed by atoms with Crippen LogP contribution in [-0.4, -0.2) is 20.6 Å². The lowest BCUT2D eigenvalue weighted by molar-refractivity contribution is 0.794. The highest BCUT2D eigenvalue weighted by molar-refractivity contribution is 6.31. The Morgan fingerprint density at radius 3 is 2.94 bits per heavy atom. The first-order chi connectivity index (χ1) is 7.66. The SMILES string of the molecule is CC(Nc1ccc(Cl)cc1N)c1nn[nH]n1. The molecule has 0 aliphatic heterocycles. The maximum Gasteiger partial charge on any atom is 0.196 e. The summed E-state index contributed by atoms with van der Waals surface area (Å²) in [4.78, 5) is 0. The van der Waals surface area contributed by atoms with Gasteiger partial charge in [-0.2, -0.15) is 5.21 Å². The number of nitrogens with one attached hydrogen (secondary N) is 2. The predicted molar refractivity (Wildman–Crippen MR) is 62.1 cm³/mol. The first-order valence-corrected chi connectivity index (χ1v) is 5.09. The smallest absolute Gasteiger partial charge is 0.196 e. The van der Waals surface area contributed by atoms with Crippen molar-refractivity contribution in [1.29, 1.82) is 0 Å². The Balaban J connectivity index is 2.15. The standard InChI is InChI=1S/C9H11ClN6/c1-5(9-13-15-16-14-9)12-8-3-2-6(10)4-7(8)11/h2-5,12H,11H2,1H3,(H,13,14,15,16). The summed E-state index contributed by atoms with van der Waals surface area (Å²) in [6.45, 7) is 1.92. The van der Waals surface area contributed by atoms with Gasteiger partial charge < -0.3 is 11.1 Å². The molecular formula is C9H11ClN6. The molecule has 1 heterocycles. The minimum atomic E-state index is -0.0813. The van der Waals surface area contributed by atoms with E-state index in [1.54, 1.807) is 12.1 Å². The van der Waals surface area contributed by atoms with Crippen molar-refractivity contribution in [3.8, 4) is 0 Å². The second-order valence-corrected chi connectivity index (χ2v) is 3.80. The number of aromatic amines is 1. The van der Waals surface area contributed by atoms with E-state index < -0.39 is 0 Å². The summed E-state index contributed by atoms with van der Waals surface area (Å²) in [6.07, 6.45) is 0. The Kier molecular flexibility index (Phi) is 2.91. The second kappa shape index (κ2) is 4.36. The molecule has 0 aliphatic rings. The molecule has 0 bridgehead atoms. The van der Waals surface area contributed by atoms with Crippen LogP contribution in [0.2, 0.25) is 5.02 Å². The molecule has 0 radical (unpaired) electrons. The molecule has 0 amide bonds. The summed E-state index contributed by atoms with van der Waals surface area (Å²) in [5.74, 6) is 0.578. The quantitative estimate of drug-likeness (QED) is 0.707. The van der Waals surface area contributed by atoms with E-state index in [4.69, 9.17) is 17.3 Å². The third kappa shape index (κ3) is 2.22. The molecule has 1 unspecified atom stereocenters. The molecule has 84 valence electrons. The van der Waals surface area contributed by atoms with Gasteiger partial charge in [0.05, 0.1) is 17.4 Å². The van der Waals surface area contributed by atoms with Crippen LogP contribution in [0.15, 0.2) is 18.2 Å². The summed E-state index contributed by atoms with van der Waals surface area (Å²) in [5, 5.41) is 17.4. The summed E-state index contributed by atoms with van der Waals surface area (Å²) < 4.78 is 0. The van der Waals surface area contributed by atoms with E-state index in [9.17, 15) is 0 Å². The molecule has 1 aromatic carbocycles. The number of hydrogen-bond acceptors (Lipinski definition) is 5. The van der Waals surface area contributed by atoms with Crippen molar-refractivity contribution in [2.24, 2.45) is 0 Å². The van der Waals surface area contributed by atoms with E-state index in [1.807, 2.05) is 13.0 Å². The minimum absolute atomic E-state index is 0.0813. The molecule has 0 fully saturated rings. The Bertz CT molecular complexity index is 469. The van der Waals surface area contributed by atoms with Gasteiger partial charge in [-0.25, -0.2) is 0 Å². The summed E-state index contributed by atoms with van der Waals surface area (Å²) in [7, 11) is 0. The van der Waals surface area contributed by atoms with Gasteiger partial charge in [-0.3, -0.25) is 0 Å². The second-order valence-electron chi connectivity index (χ2n) is 3.37. The fraction of sp³-hybridized carbons (Fsp3) is 0.222. The van der Waals surface area contributed by atoms with E-state index >= 15 is 0 Å². The van der Waals surface area contributed by atoms with Gasteiger partial charge in [-0.1, -0.05) is 16.8 Å². The van der Waals surface area contributed by atoms with Crippen LogP contribution in [0.1, 0.15) is 18.8 Å². The largest absolute Gasteiger partial charge is 0.397 e. The fourth-order valence-electron chi connectivity index (χ4n) is 1.32. The topological polar surface area (TPSA) is 92.5 Å². The number of hydrogen-bond donors (Lipinski definition) is 3. The predicted octanol–water partition coefficient (Wildman–Crippen LogP) is 1.61. The zero-order valence-corrected chi connectivity index (χ0v) is 9.36. The molecule has 6 nitrogen and oxygen atoms in total. The van der Waals surface area contributed by atoms with Crippen LogP contribution >= 0.6 is 11.6 Å². The van der Waals surface area contributed by atoms with Gasteiger partial charge in [0.1, 0.15) is 0 Å². The molecule has 0 saturated carbocycles. The van der Waals surface area contributed by atoms with E-state index in [1.165, 1.54) is 0 Å². The lowest BCUT2D eigenvalue weighted by atomic mass is 10.2. The highest BCUT2D eigenvalue weighted by atomic mass is 35.5. The van der Waals surface area contributed by atoms with Crippen LogP contribution in [0.5, 0.6) is 0 Å². The van der Waals surface area contributed by atoms with E-state index in [0.717, 1.165) is 5.69 Å². The van der Waals surface area contributed by atoms with Crippen molar-refractivity contribution in [1.82, 2.24) is 20.6 Å². The van der Waals surface area contributed by atoms with Gasteiger partial charge in [0, 0.05) is 5.02 Å². The van der Waals surface area contributed by atoms with Crippen LogP contribution in [-0.2, 0) is 0 Å². The van der Waals surface area contributed by atoms with Crippen LogP contribution in [0, 0.1) is 0 Å². The van der Waals surface area contributed by atoms with Crippen LogP contribution in [0.4, 0.5) is 11.4 Å². The third-order valence-corrected chi connectivity index (χ3v) is 2.37. The normalized spacial score (nSPS) is 12.4. The van der Waals surface area contributed by atoms with Gasteiger partial charge in [-0.05, 0) is 25.1 Å². The Morgan fingerprint density at radius 2 is 2.31 bits per heavy atom. The van der Waals surface area contributed by atoms with Crippen molar-refractivity contribution in [3.05, 3.63) is 29.0 Å². The molecule has 0 saturated heterocycles. The third-order valence-electron chi connectivity index (χ3n) is 2.13. The number of tetrazole rings is 1. The lowest BCUT2D eigenvalue weighted by Gasteiger charge is -2.13. The van der Waals surface area contributed by atoms with Crippen molar-refractivity contribution < 1.29 is 0 Å². The monoisotopic (exact) mass is 238 g/mol. The average molecular weight is 239 g/mol. The molecule has 16 heavy (non-hydrogen) atoms. The number of aromatic nitrogens is 4. The Morgan fingerprint density at radius 1 is 1.50 bits per heavy atom. The van der Waals surface area contributed by atoms with E-state index in [-0.39, 0.29) is 6.04 Å². The van der Waals surface area contributed by atoms with Crippen LogP contribution < -0.4 is 11.1 Å². The number of halogens is 1. The van der Waals surface area contributed by atoms with Gasteiger partial charge in [0.25, 0.3) is 0 Å². The highest BCUT2D eigenvalue weighted by Crippen LogP contribution is 2.25. The van der Waals surface area contributed by atoms with Crippen LogP contribution in [0.3, 0.4) is 0 Å². The van der Waals surface area contributed by atoms with Gasteiger partial charge >= 0.3 is 0 Å². The molecule has 1 aromatic heterocycles. The number of nitrogens with zero attached hydrogens (tertiary/aromatic N) is 3. The Hall–Kier alpha value is -1.82. The average Bonchev–Trinajstić information content (AvgIpc) is 2.75. The van der Waals surface area contributed by atoms with Crippen molar-refractivity contribution in [3.63, 3.8) is 0 Å². The zero-order chi connectivity index (χ0) is 11.5. The molecule has 0 aliphatic carbocycles. The zero-order valence-electron chi connectivity index (χ0n) is 8.61. The summed E-state index contributed by atoms with van der Waals surface area (Å²) >= 11 is 5.81. The van der Waals surface area contributed by atoms with Gasteiger partial charge in [0.2, 0.25) is 0 Å². The fourth-order valence-corrected chi connectivity index (χ4v) is 1.50. The molecule has 2 rings (SSSR count). The molecule has 2 aromatic rings. The van der Waals surface area contributed by atoms with Gasteiger partial charge in [0.15, 0.2) is 5.82 Å². The maximum absolute atomic E-state index is 5.81. The van der Waals surface area contributed by atoms with Crippen LogP contribution in [0.25, 0.3) is 0 Å². The number of benzene rings is 1. The number of H-pyrrole nitrogens is 1. The number of rotatable bonds is 3. The summed E-state index contributed by atoms with van der Waals surface area (Å²) in [6, 6.07) is 5.19. The number of nitrogens with two attached hydrogens (primary N) is 1. The Labute approximate surface area is 97.2 Å². The van der Waals surface area contributed by atoms with Gasteiger partial charge in [-0.15, -0.1) is 10.2 Å². The summed E-state index contributed by atoms with van der Waals surface area (Å²) in [5.41, 5.74) is 7.19. The first kappa shape index (κ1) is 10.7.